The second kappa shape index (κ2) is 15.5. The molecule has 0 saturated carbocycles. The van der Waals surface area contributed by atoms with Crippen LogP contribution in [0.25, 0.3) is 66.1 Å². The van der Waals surface area contributed by atoms with E-state index in [2.05, 4.69) is 185 Å². The van der Waals surface area contributed by atoms with E-state index in [4.69, 9.17) is 10.7 Å². The number of allylic oxidation sites excluding steroid dienone is 1. The van der Waals surface area contributed by atoms with Crippen LogP contribution in [-0.4, -0.2) is 15.4 Å². The van der Waals surface area contributed by atoms with E-state index < -0.39 is 0 Å². The van der Waals surface area contributed by atoms with Gasteiger partial charge >= 0.3 is 0 Å². The summed E-state index contributed by atoms with van der Waals surface area (Å²) in [5.41, 5.74) is 18.8. The minimum absolute atomic E-state index is 0.494. The SMILES string of the molecule is NC(=N/C(=C\Cc1ccc(-c2ccccc2)cc1)c1cccc(-n2c3ccccc3c3ccccc32)c1)c1ccccc1.c1ccc2c(c1)[nH]c1ccccc12. The number of fused-ring (bicyclic) bond motifs is 6. The Kier molecular flexibility index (Phi) is 9.51. The van der Waals surface area contributed by atoms with Crippen molar-refractivity contribution in [2.24, 2.45) is 10.7 Å². The number of benzene rings is 8. The maximum Gasteiger partial charge on any atom is 0.131 e. The highest BCUT2D eigenvalue weighted by molar-refractivity contribution is 6.09. The summed E-state index contributed by atoms with van der Waals surface area (Å²) in [6.07, 6.45) is 2.91. The van der Waals surface area contributed by atoms with Crippen LogP contribution in [-0.2, 0) is 6.42 Å². The number of aliphatic imine (C=N–C) groups is 1. The summed E-state index contributed by atoms with van der Waals surface area (Å²) in [6.45, 7) is 0. The topological polar surface area (TPSA) is 59.1 Å². The Morgan fingerprint density at radius 1 is 0.482 bits per heavy atom. The van der Waals surface area contributed by atoms with Gasteiger partial charge in [-0.15, -0.1) is 0 Å². The number of aromatic nitrogens is 2. The van der Waals surface area contributed by atoms with Gasteiger partial charge in [-0.2, -0.15) is 0 Å². The third kappa shape index (κ3) is 7.00. The summed E-state index contributed by atoms with van der Waals surface area (Å²) in [5.74, 6) is 0.494. The fourth-order valence-electron chi connectivity index (χ4n) is 7.51. The summed E-state index contributed by atoms with van der Waals surface area (Å²) in [5, 5.41) is 5.09. The summed E-state index contributed by atoms with van der Waals surface area (Å²) in [7, 11) is 0. The van der Waals surface area contributed by atoms with Gasteiger partial charge in [-0.25, -0.2) is 4.99 Å². The van der Waals surface area contributed by atoms with E-state index in [9.17, 15) is 0 Å². The van der Waals surface area contributed by atoms with Crippen LogP contribution < -0.4 is 5.73 Å². The minimum Gasteiger partial charge on any atom is -0.383 e. The van der Waals surface area contributed by atoms with Gasteiger partial charge in [0, 0.05) is 49.4 Å². The zero-order chi connectivity index (χ0) is 37.7. The molecule has 4 heteroatoms. The number of nitrogens with zero attached hydrogens (tertiary/aromatic N) is 2. The highest BCUT2D eigenvalue weighted by Crippen LogP contribution is 2.33. The van der Waals surface area contributed by atoms with Crippen LogP contribution in [0.15, 0.2) is 217 Å². The fourth-order valence-corrected chi connectivity index (χ4v) is 7.51. The van der Waals surface area contributed by atoms with E-state index in [-0.39, 0.29) is 0 Å². The lowest BCUT2D eigenvalue weighted by atomic mass is 10.0. The number of nitrogens with one attached hydrogen (secondary N) is 1. The molecule has 2 aromatic heterocycles. The Balaban J connectivity index is 0.000000264. The molecule has 0 aliphatic rings. The maximum absolute atomic E-state index is 6.57. The average Bonchev–Trinajstić information content (AvgIpc) is 3.82. The highest BCUT2D eigenvalue weighted by atomic mass is 15.0. The molecular weight excluding hydrogens is 681 g/mol. The maximum atomic E-state index is 6.57. The number of rotatable bonds is 7. The highest BCUT2D eigenvalue weighted by Gasteiger charge is 2.13. The van der Waals surface area contributed by atoms with Gasteiger partial charge in [0.2, 0.25) is 0 Å². The first kappa shape index (κ1) is 34.3. The van der Waals surface area contributed by atoms with Gasteiger partial charge in [-0.05, 0) is 59.5 Å². The summed E-state index contributed by atoms with van der Waals surface area (Å²) in [6, 6.07) is 71.6. The molecule has 0 unspecified atom stereocenters. The Labute approximate surface area is 326 Å². The normalized spacial score (nSPS) is 11.9. The van der Waals surface area contributed by atoms with E-state index in [1.165, 1.54) is 60.3 Å². The van der Waals surface area contributed by atoms with Crippen molar-refractivity contribution >= 4 is 55.1 Å². The number of H-pyrrole nitrogens is 1. The van der Waals surface area contributed by atoms with Crippen LogP contribution in [0.5, 0.6) is 0 Å². The van der Waals surface area contributed by atoms with Crippen LogP contribution in [0.3, 0.4) is 0 Å². The van der Waals surface area contributed by atoms with Gasteiger partial charge in [0.15, 0.2) is 0 Å². The first-order valence-electron chi connectivity index (χ1n) is 19.0. The molecule has 0 saturated heterocycles. The molecule has 8 aromatic carbocycles. The first-order chi connectivity index (χ1) is 27.7. The van der Waals surface area contributed by atoms with E-state index >= 15 is 0 Å². The second-order valence-electron chi connectivity index (χ2n) is 13.9. The van der Waals surface area contributed by atoms with Gasteiger partial charge in [-0.1, -0.05) is 176 Å². The van der Waals surface area contributed by atoms with Crippen molar-refractivity contribution in [2.75, 3.05) is 0 Å². The third-order valence-corrected chi connectivity index (χ3v) is 10.3. The molecule has 56 heavy (non-hydrogen) atoms. The molecular formula is C52H40N4. The van der Waals surface area contributed by atoms with Crippen LogP contribution in [0.1, 0.15) is 16.7 Å². The van der Waals surface area contributed by atoms with Crippen molar-refractivity contribution in [1.29, 1.82) is 0 Å². The largest absolute Gasteiger partial charge is 0.383 e. The van der Waals surface area contributed by atoms with E-state index in [1.54, 1.807) is 0 Å². The number of hydrogen-bond donors (Lipinski definition) is 2. The van der Waals surface area contributed by atoms with E-state index in [1.807, 2.05) is 36.4 Å². The quantitative estimate of drug-likeness (QED) is 0.125. The van der Waals surface area contributed by atoms with E-state index in [0.717, 1.165) is 28.9 Å². The number of para-hydroxylation sites is 4. The molecule has 0 fully saturated rings. The monoisotopic (exact) mass is 720 g/mol. The van der Waals surface area contributed by atoms with Gasteiger partial charge in [0.25, 0.3) is 0 Å². The van der Waals surface area contributed by atoms with Gasteiger partial charge in [0.1, 0.15) is 5.84 Å². The molecule has 268 valence electrons. The number of amidine groups is 1. The summed E-state index contributed by atoms with van der Waals surface area (Å²) in [4.78, 5) is 8.37. The van der Waals surface area contributed by atoms with Crippen LogP contribution in [0.4, 0.5) is 0 Å². The summed E-state index contributed by atoms with van der Waals surface area (Å²) < 4.78 is 2.33. The molecule has 0 aliphatic carbocycles. The third-order valence-electron chi connectivity index (χ3n) is 10.3. The zero-order valence-electron chi connectivity index (χ0n) is 30.9. The minimum atomic E-state index is 0.494. The van der Waals surface area contributed by atoms with Crippen molar-refractivity contribution in [1.82, 2.24) is 9.55 Å². The van der Waals surface area contributed by atoms with E-state index in [0.29, 0.717) is 5.84 Å². The van der Waals surface area contributed by atoms with Gasteiger partial charge < -0.3 is 15.3 Å². The standard InChI is InChI=1S/C40H31N3.C12H9N/c41-40(32-14-5-2-6-15-32)42-37(27-24-29-22-25-31(26-23-29)30-12-3-1-4-13-30)33-16-11-17-34(28-33)43-38-20-9-7-18-35(38)36-19-8-10-21-39(36)43;1-3-7-11-9(5-1)10-6-2-4-8-12(10)13-11/h1-23,25-28H,24H2,(H2,41,42);1-8,13H/b37-27-;. The molecule has 10 rings (SSSR count). The van der Waals surface area contributed by atoms with Gasteiger partial charge in [-0.3, -0.25) is 0 Å². The Morgan fingerprint density at radius 2 is 0.982 bits per heavy atom. The van der Waals surface area contributed by atoms with Crippen molar-refractivity contribution in [2.45, 2.75) is 6.42 Å². The Bertz CT molecular complexity index is 2880. The lowest BCUT2D eigenvalue weighted by Crippen LogP contribution is -2.13. The van der Waals surface area contributed by atoms with Crippen molar-refractivity contribution < 1.29 is 0 Å². The predicted molar refractivity (Wildman–Crippen MR) is 237 cm³/mol. The molecule has 0 radical (unpaired) electrons. The number of nitrogens with two attached hydrogens (primary N) is 1. The average molecular weight is 721 g/mol. The molecule has 0 spiro atoms. The molecule has 0 atom stereocenters. The zero-order valence-corrected chi connectivity index (χ0v) is 30.9. The molecule has 0 bridgehead atoms. The van der Waals surface area contributed by atoms with Crippen LogP contribution in [0, 0.1) is 0 Å². The lowest BCUT2D eigenvalue weighted by Gasteiger charge is -2.12. The van der Waals surface area contributed by atoms with Gasteiger partial charge in [0.05, 0.1) is 16.7 Å². The van der Waals surface area contributed by atoms with Crippen LogP contribution >= 0.6 is 0 Å². The second-order valence-corrected chi connectivity index (χ2v) is 13.9. The van der Waals surface area contributed by atoms with Crippen molar-refractivity contribution in [3.05, 3.63) is 229 Å². The predicted octanol–water partition coefficient (Wildman–Crippen LogP) is 12.8. The first-order valence-corrected chi connectivity index (χ1v) is 19.0. The van der Waals surface area contributed by atoms with Crippen LogP contribution in [0.2, 0.25) is 0 Å². The lowest BCUT2D eigenvalue weighted by molar-refractivity contribution is 1.17. The molecule has 0 amide bonds. The van der Waals surface area contributed by atoms with Crippen molar-refractivity contribution in [3.8, 4) is 16.8 Å². The number of hydrogen-bond acceptors (Lipinski definition) is 1. The number of aromatic amines is 1. The molecule has 0 aliphatic heterocycles. The fraction of sp³-hybridized carbons (Fsp3) is 0.0192. The smallest absolute Gasteiger partial charge is 0.131 e. The molecule has 4 nitrogen and oxygen atoms in total. The molecule has 10 aromatic rings. The Hall–Kier alpha value is -7.43. The van der Waals surface area contributed by atoms with Crippen molar-refractivity contribution in [3.63, 3.8) is 0 Å². The molecule has 3 N–H and O–H groups in total. The Morgan fingerprint density at radius 3 is 1.61 bits per heavy atom. The summed E-state index contributed by atoms with van der Waals surface area (Å²) >= 11 is 0. The molecule has 2 heterocycles.